The van der Waals surface area contributed by atoms with Crippen molar-refractivity contribution in [1.82, 2.24) is 20.1 Å². The number of nitrogens with zero attached hydrogens (tertiary/aromatic N) is 3. The summed E-state index contributed by atoms with van der Waals surface area (Å²) in [5.41, 5.74) is 4.39. The molecule has 1 amide bonds. The fourth-order valence-corrected chi connectivity index (χ4v) is 4.04. The first-order valence-electron chi connectivity index (χ1n) is 10.8. The van der Waals surface area contributed by atoms with Crippen molar-refractivity contribution in [3.05, 3.63) is 76.7 Å². The first-order chi connectivity index (χ1) is 16.0. The molecule has 168 valence electrons. The number of benzene rings is 2. The van der Waals surface area contributed by atoms with Crippen molar-refractivity contribution < 1.29 is 14.6 Å². The van der Waals surface area contributed by atoms with Gasteiger partial charge >= 0.3 is 0 Å². The average molecular weight is 463 g/mol. The van der Waals surface area contributed by atoms with Crippen LogP contribution in [0.5, 0.6) is 5.75 Å². The summed E-state index contributed by atoms with van der Waals surface area (Å²) >= 11 is 6.19. The van der Waals surface area contributed by atoms with Gasteiger partial charge in [-0.2, -0.15) is 5.10 Å². The lowest BCUT2D eigenvalue weighted by Gasteiger charge is -2.20. The predicted octanol–water partition coefficient (Wildman–Crippen LogP) is 4.58. The van der Waals surface area contributed by atoms with Crippen LogP contribution < -0.4 is 4.74 Å². The van der Waals surface area contributed by atoms with Crippen LogP contribution in [-0.4, -0.2) is 44.2 Å². The number of hydrogen-bond acceptors (Lipinski definition) is 5. The number of halogens is 1. The molecule has 2 aromatic heterocycles. The molecule has 0 spiro atoms. The molecule has 1 fully saturated rings. The van der Waals surface area contributed by atoms with Crippen LogP contribution in [0.1, 0.15) is 34.5 Å². The molecule has 2 aromatic carbocycles. The fourth-order valence-electron chi connectivity index (χ4n) is 3.85. The third-order valence-electron chi connectivity index (χ3n) is 5.75. The number of ether oxygens (including phenoxy) is 1. The van der Waals surface area contributed by atoms with Gasteiger partial charge in [0.05, 0.1) is 30.1 Å². The molecule has 5 rings (SSSR count). The number of rotatable bonds is 7. The second-order valence-electron chi connectivity index (χ2n) is 8.24. The lowest BCUT2D eigenvalue weighted by atomic mass is 10.0. The van der Waals surface area contributed by atoms with E-state index in [4.69, 9.17) is 16.3 Å². The van der Waals surface area contributed by atoms with Crippen molar-refractivity contribution in [2.75, 3.05) is 7.05 Å². The van der Waals surface area contributed by atoms with Crippen molar-refractivity contribution in [2.24, 2.45) is 0 Å². The topological polar surface area (TPSA) is 91.3 Å². The Kier molecular flexibility index (Phi) is 5.74. The van der Waals surface area contributed by atoms with Gasteiger partial charge < -0.3 is 14.7 Å². The molecule has 33 heavy (non-hydrogen) atoms. The third kappa shape index (κ3) is 4.42. The summed E-state index contributed by atoms with van der Waals surface area (Å²) in [6.45, 7) is 0.0517. The highest BCUT2D eigenvalue weighted by Crippen LogP contribution is 2.36. The van der Waals surface area contributed by atoms with E-state index in [1.165, 1.54) is 0 Å². The molecule has 0 unspecified atom stereocenters. The molecule has 7 nitrogen and oxygen atoms in total. The number of fused-ring (bicyclic) bond motifs is 1. The first kappa shape index (κ1) is 21.4. The highest BCUT2D eigenvalue weighted by Gasteiger charge is 2.26. The summed E-state index contributed by atoms with van der Waals surface area (Å²) in [6, 6.07) is 13.1. The molecule has 0 bridgehead atoms. The number of carbonyl (C=O) groups excluding carboxylic acids is 1. The van der Waals surface area contributed by atoms with Gasteiger partial charge in [-0.3, -0.25) is 14.9 Å². The lowest BCUT2D eigenvalue weighted by Crippen LogP contribution is -2.27. The average Bonchev–Trinajstić information content (AvgIpc) is 3.50. The van der Waals surface area contributed by atoms with Crippen LogP contribution in [0.4, 0.5) is 0 Å². The van der Waals surface area contributed by atoms with Crippen LogP contribution in [0.3, 0.4) is 0 Å². The van der Waals surface area contributed by atoms with Crippen LogP contribution >= 0.6 is 11.6 Å². The smallest absolute Gasteiger partial charge is 0.254 e. The van der Waals surface area contributed by atoms with Gasteiger partial charge in [0.2, 0.25) is 0 Å². The summed E-state index contributed by atoms with van der Waals surface area (Å²) in [7, 11) is 1.73. The number of carbonyl (C=O) groups is 1. The molecule has 0 radical (unpaired) electrons. The summed E-state index contributed by atoms with van der Waals surface area (Å²) < 4.78 is 6.15. The zero-order valence-corrected chi connectivity index (χ0v) is 18.8. The predicted molar refractivity (Wildman–Crippen MR) is 126 cm³/mol. The highest BCUT2D eigenvalue weighted by molar-refractivity contribution is 6.30. The fraction of sp³-hybridized carbons (Fsp3) is 0.240. The Morgan fingerprint density at radius 1 is 1.24 bits per heavy atom. The van der Waals surface area contributed by atoms with Crippen molar-refractivity contribution in [2.45, 2.75) is 32.1 Å². The Morgan fingerprint density at radius 2 is 2.09 bits per heavy atom. The molecular formula is C25H23ClN4O3. The van der Waals surface area contributed by atoms with Gasteiger partial charge in [0.25, 0.3) is 5.91 Å². The highest BCUT2D eigenvalue weighted by atomic mass is 35.5. The lowest BCUT2D eigenvalue weighted by molar-refractivity contribution is 0.0784. The van der Waals surface area contributed by atoms with Crippen LogP contribution in [0.2, 0.25) is 5.02 Å². The normalized spacial score (nSPS) is 13.3. The van der Waals surface area contributed by atoms with Gasteiger partial charge in [-0.05, 0) is 48.7 Å². The van der Waals surface area contributed by atoms with Crippen LogP contribution in [0.25, 0.3) is 22.0 Å². The molecule has 8 heteroatoms. The van der Waals surface area contributed by atoms with Gasteiger partial charge in [0.1, 0.15) is 5.75 Å². The van der Waals surface area contributed by atoms with E-state index in [1.807, 2.05) is 30.3 Å². The van der Waals surface area contributed by atoms with Crippen LogP contribution in [0.15, 0.2) is 54.9 Å². The number of H-pyrrole nitrogens is 1. The van der Waals surface area contributed by atoms with E-state index in [1.54, 1.807) is 36.5 Å². The van der Waals surface area contributed by atoms with Crippen molar-refractivity contribution >= 4 is 28.4 Å². The number of aliphatic hydroxyl groups excluding tert-OH is 1. The SMILES string of the molecule is CN(Cc1c(CO)ncc2cn[nH]c12)C(=O)c1ccc(-c2cccc(Cl)c2)c(OC2CC2)c1. The minimum absolute atomic E-state index is 0.159. The molecule has 0 aliphatic heterocycles. The van der Waals surface area contributed by atoms with Gasteiger partial charge in [-0.25, -0.2) is 0 Å². The van der Waals surface area contributed by atoms with Gasteiger partial charge in [0, 0.05) is 46.9 Å². The van der Waals surface area contributed by atoms with E-state index in [-0.39, 0.29) is 25.2 Å². The summed E-state index contributed by atoms with van der Waals surface area (Å²) in [6.07, 6.45) is 5.54. The Hall–Kier alpha value is -3.42. The van der Waals surface area contributed by atoms with Gasteiger partial charge in [-0.15, -0.1) is 0 Å². The number of aromatic amines is 1. The number of aliphatic hydroxyl groups is 1. The molecule has 1 aliphatic carbocycles. The molecule has 1 aliphatic rings. The second-order valence-corrected chi connectivity index (χ2v) is 8.68. The van der Waals surface area contributed by atoms with E-state index in [9.17, 15) is 9.90 Å². The quantitative estimate of drug-likeness (QED) is 0.419. The Balaban J connectivity index is 1.45. The van der Waals surface area contributed by atoms with E-state index in [0.29, 0.717) is 22.0 Å². The van der Waals surface area contributed by atoms with Crippen LogP contribution in [0, 0.1) is 0 Å². The maximum atomic E-state index is 13.3. The molecule has 2 N–H and O–H groups in total. The monoisotopic (exact) mass is 462 g/mol. The molecule has 4 aromatic rings. The molecule has 1 saturated carbocycles. The van der Waals surface area contributed by atoms with Crippen molar-refractivity contribution in [3.8, 4) is 16.9 Å². The number of nitrogens with one attached hydrogen (secondary N) is 1. The van der Waals surface area contributed by atoms with E-state index < -0.39 is 0 Å². The standard InChI is InChI=1S/C25H23ClN4O3/c1-30(13-21-22(14-31)27-11-17-12-28-29-24(17)21)25(32)16-5-8-20(15-3-2-4-18(26)9-15)23(10-16)33-19-6-7-19/h2-5,8-12,19,31H,6-7,13-14H2,1H3,(H,28,29). The summed E-state index contributed by atoms with van der Waals surface area (Å²) in [4.78, 5) is 19.2. The van der Waals surface area contributed by atoms with Gasteiger partial charge in [-0.1, -0.05) is 23.7 Å². The molecule has 0 atom stereocenters. The largest absolute Gasteiger partial charge is 0.490 e. The van der Waals surface area contributed by atoms with E-state index in [2.05, 4.69) is 15.2 Å². The molecule has 0 saturated heterocycles. The number of aromatic nitrogens is 3. The number of pyridine rings is 1. The number of amides is 1. The van der Waals surface area contributed by atoms with Gasteiger partial charge in [0.15, 0.2) is 0 Å². The molecule has 2 heterocycles. The van der Waals surface area contributed by atoms with Crippen LogP contribution in [-0.2, 0) is 13.2 Å². The number of hydrogen-bond donors (Lipinski definition) is 2. The first-order valence-corrected chi connectivity index (χ1v) is 11.1. The minimum atomic E-state index is -0.222. The zero-order chi connectivity index (χ0) is 22.9. The maximum Gasteiger partial charge on any atom is 0.254 e. The Bertz CT molecular complexity index is 1330. The van der Waals surface area contributed by atoms with Crippen molar-refractivity contribution in [3.63, 3.8) is 0 Å². The molecular weight excluding hydrogens is 440 g/mol. The zero-order valence-electron chi connectivity index (χ0n) is 18.1. The Morgan fingerprint density at radius 3 is 2.85 bits per heavy atom. The maximum absolute atomic E-state index is 13.3. The second kappa shape index (κ2) is 8.84. The minimum Gasteiger partial charge on any atom is -0.490 e. The van der Waals surface area contributed by atoms with E-state index >= 15 is 0 Å². The summed E-state index contributed by atoms with van der Waals surface area (Å²) in [5, 5.41) is 18.2. The van der Waals surface area contributed by atoms with E-state index in [0.717, 1.165) is 40.4 Å². The third-order valence-corrected chi connectivity index (χ3v) is 5.99. The summed E-state index contributed by atoms with van der Waals surface area (Å²) in [5.74, 6) is 0.515. The van der Waals surface area contributed by atoms with Crippen molar-refractivity contribution in [1.29, 1.82) is 0 Å². The Labute approximate surface area is 196 Å².